The van der Waals surface area contributed by atoms with Crippen LogP contribution >= 0.6 is 22.6 Å². The number of aromatic nitrogens is 2. The monoisotopic (exact) mass is 620 g/mol. The maximum Gasteiger partial charge on any atom is 0.145 e. The summed E-state index contributed by atoms with van der Waals surface area (Å²) in [5.74, 6) is 0. The molecule has 3 heterocycles. The molecular weight excluding hydrogens is 591 g/mol. The summed E-state index contributed by atoms with van der Waals surface area (Å²) in [6.07, 6.45) is 5.15. The van der Waals surface area contributed by atoms with Crippen LogP contribution < -0.4 is 0 Å². The van der Waals surface area contributed by atoms with Gasteiger partial charge in [0.1, 0.15) is 11.2 Å². The molecule has 0 radical (unpaired) electrons. The summed E-state index contributed by atoms with van der Waals surface area (Å²) in [6, 6.07) is 34.5. The first-order valence-corrected chi connectivity index (χ1v) is 14.8. The summed E-state index contributed by atoms with van der Waals surface area (Å²) < 4.78 is 9.36. The van der Waals surface area contributed by atoms with E-state index in [4.69, 9.17) is 9.40 Å². The van der Waals surface area contributed by atoms with Crippen LogP contribution in [-0.2, 0) is 3.42 Å². The van der Waals surface area contributed by atoms with Gasteiger partial charge < -0.3 is 8.98 Å². The fourth-order valence-corrected chi connectivity index (χ4v) is 7.23. The number of pyridine rings is 1. The molecule has 3 nitrogen and oxygen atoms in total. The molecule has 1 atom stereocenters. The van der Waals surface area contributed by atoms with Crippen molar-refractivity contribution in [3.63, 3.8) is 0 Å². The highest BCUT2D eigenvalue weighted by Gasteiger charge is 2.32. The van der Waals surface area contributed by atoms with E-state index in [0.717, 1.165) is 69.0 Å². The standard InChI is InChI=1S/C35H29IN2O/c1-3-21-35(36,4-2)27-19-17-24-25-18-20-30-31(33(25)39-34(24)32(27)28-15-10-11-22-37-28)26-14-8-9-16-29(26)38(30)23-12-6-5-7-13-23/h5-20,22H,3-4,21H2,1-2H3. The van der Waals surface area contributed by atoms with Crippen LogP contribution in [0.15, 0.2) is 108 Å². The highest BCUT2D eigenvalue weighted by atomic mass is 127. The van der Waals surface area contributed by atoms with Gasteiger partial charge in [0.15, 0.2) is 0 Å². The Kier molecular flexibility index (Phi) is 5.96. The van der Waals surface area contributed by atoms with Crippen molar-refractivity contribution in [2.45, 2.75) is 36.5 Å². The number of halogens is 1. The SMILES string of the molecule is CCCC(I)(CC)c1ccc2c(oc3c2ccc2c3c3ccccc3n2-c2ccccc2)c1-c1ccccn1. The van der Waals surface area contributed by atoms with E-state index in [-0.39, 0.29) is 3.42 Å². The molecule has 192 valence electrons. The van der Waals surface area contributed by atoms with E-state index in [9.17, 15) is 0 Å². The molecule has 7 rings (SSSR count). The van der Waals surface area contributed by atoms with E-state index in [2.05, 4.69) is 132 Å². The minimum absolute atomic E-state index is 0.00514. The summed E-state index contributed by atoms with van der Waals surface area (Å²) in [6.45, 7) is 4.55. The quantitative estimate of drug-likeness (QED) is 0.137. The lowest BCUT2D eigenvalue weighted by Crippen LogP contribution is -2.18. The first-order chi connectivity index (χ1) is 19.1. The van der Waals surface area contributed by atoms with Crippen molar-refractivity contribution in [1.29, 1.82) is 0 Å². The van der Waals surface area contributed by atoms with Crippen molar-refractivity contribution in [3.8, 4) is 16.9 Å². The van der Waals surface area contributed by atoms with Crippen molar-refractivity contribution in [3.05, 3.63) is 109 Å². The molecule has 4 aromatic carbocycles. The summed E-state index contributed by atoms with van der Waals surface area (Å²) in [5.41, 5.74) is 8.73. The van der Waals surface area contributed by atoms with E-state index >= 15 is 0 Å². The van der Waals surface area contributed by atoms with Gasteiger partial charge in [0.05, 0.1) is 22.1 Å². The second-order valence-corrected chi connectivity index (χ2v) is 12.3. The van der Waals surface area contributed by atoms with Crippen LogP contribution in [0.1, 0.15) is 38.7 Å². The van der Waals surface area contributed by atoms with Crippen molar-refractivity contribution >= 4 is 66.3 Å². The topological polar surface area (TPSA) is 31.0 Å². The lowest BCUT2D eigenvalue weighted by atomic mass is 9.86. The van der Waals surface area contributed by atoms with Gasteiger partial charge in [-0.15, -0.1) is 0 Å². The van der Waals surface area contributed by atoms with Crippen molar-refractivity contribution in [2.24, 2.45) is 0 Å². The maximum absolute atomic E-state index is 7.01. The number of para-hydroxylation sites is 2. The third-order valence-corrected chi connectivity index (χ3v) is 9.95. The normalized spacial score (nSPS) is 13.5. The van der Waals surface area contributed by atoms with Gasteiger partial charge >= 0.3 is 0 Å². The van der Waals surface area contributed by atoms with Crippen LogP contribution in [0.3, 0.4) is 0 Å². The second-order valence-electron chi connectivity index (χ2n) is 10.3. The van der Waals surface area contributed by atoms with Crippen molar-refractivity contribution in [1.82, 2.24) is 9.55 Å². The molecule has 0 saturated carbocycles. The zero-order valence-electron chi connectivity index (χ0n) is 22.1. The molecule has 0 aliphatic rings. The van der Waals surface area contributed by atoms with E-state index in [0.29, 0.717) is 0 Å². The molecule has 1 unspecified atom stereocenters. The highest BCUT2D eigenvalue weighted by molar-refractivity contribution is 14.1. The molecule has 0 fully saturated rings. The molecule has 4 heteroatoms. The fourth-order valence-electron chi connectivity index (χ4n) is 6.24. The third-order valence-electron chi connectivity index (χ3n) is 8.07. The minimum Gasteiger partial charge on any atom is -0.455 e. The molecule has 0 saturated heterocycles. The molecule has 0 amide bonds. The lowest BCUT2D eigenvalue weighted by Gasteiger charge is -2.29. The predicted molar refractivity (Wildman–Crippen MR) is 172 cm³/mol. The highest BCUT2D eigenvalue weighted by Crippen LogP contribution is 2.49. The summed E-state index contributed by atoms with van der Waals surface area (Å²) in [7, 11) is 0. The Labute approximate surface area is 241 Å². The third kappa shape index (κ3) is 3.72. The number of hydrogen-bond donors (Lipinski definition) is 0. The molecule has 7 aromatic rings. The summed E-state index contributed by atoms with van der Waals surface area (Å²) >= 11 is 2.67. The van der Waals surface area contributed by atoms with Crippen LogP contribution in [-0.4, -0.2) is 9.55 Å². The van der Waals surface area contributed by atoms with Gasteiger partial charge in [-0.3, -0.25) is 4.98 Å². The average molecular weight is 621 g/mol. The molecule has 3 aromatic heterocycles. The first kappa shape index (κ1) is 24.4. The number of furan rings is 1. The summed E-state index contributed by atoms with van der Waals surface area (Å²) in [4.78, 5) is 4.83. The molecule has 0 N–H and O–H groups in total. The Morgan fingerprint density at radius 1 is 0.744 bits per heavy atom. The zero-order valence-corrected chi connectivity index (χ0v) is 24.3. The molecule has 0 spiro atoms. The fraction of sp³-hybridized carbons (Fsp3) is 0.171. The zero-order chi connectivity index (χ0) is 26.6. The Morgan fingerprint density at radius 3 is 2.26 bits per heavy atom. The molecule has 0 aliphatic heterocycles. The van der Waals surface area contributed by atoms with E-state index in [1.165, 1.54) is 16.5 Å². The number of fused-ring (bicyclic) bond motifs is 7. The average Bonchev–Trinajstić information content (AvgIpc) is 3.53. The smallest absolute Gasteiger partial charge is 0.145 e. The van der Waals surface area contributed by atoms with E-state index in [1.54, 1.807) is 0 Å². The molecule has 39 heavy (non-hydrogen) atoms. The number of hydrogen-bond acceptors (Lipinski definition) is 2. The molecular formula is C35H29IN2O. The van der Waals surface area contributed by atoms with Gasteiger partial charge in [-0.05, 0) is 60.9 Å². The van der Waals surface area contributed by atoms with Gasteiger partial charge in [0.2, 0.25) is 0 Å². The van der Waals surface area contributed by atoms with E-state index in [1.807, 2.05) is 12.3 Å². The van der Waals surface area contributed by atoms with E-state index < -0.39 is 0 Å². The van der Waals surface area contributed by atoms with Crippen LogP contribution in [0.5, 0.6) is 0 Å². The second kappa shape index (κ2) is 9.53. The predicted octanol–water partition coefficient (Wildman–Crippen LogP) is 10.6. The van der Waals surface area contributed by atoms with Crippen LogP contribution in [0, 0.1) is 0 Å². The largest absolute Gasteiger partial charge is 0.455 e. The van der Waals surface area contributed by atoms with Gasteiger partial charge in [0.25, 0.3) is 0 Å². The lowest BCUT2D eigenvalue weighted by molar-refractivity contribution is 0.569. The van der Waals surface area contributed by atoms with Gasteiger partial charge in [-0.25, -0.2) is 0 Å². The maximum atomic E-state index is 7.01. The van der Waals surface area contributed by atoms with Crippen LogP contribution in [0.4, 0.5) is 0 Å². The Morgan fingerprint density at radius 2 is 1.49 bits per heavy atom. The number of nitrogens with zero attached hydrogens (tertiary/aromatic N) is 2. The van der Waals surface area contributed by atoms with Gasteiger partial charge in [0, 0.05) is 37.0 Å². The van der Waals surface area contributed by atoms with Crippen LogP contribution in [0.25, 0.3) is 60.7 Å². The number of rotatable bonds is 6. The van der Waals surface area contributed by atoms with Gasteiger partial charge in [-0.2, -0.15) is 0 Å². The van der Waals surface area contributed by atoms with Gasteiger partial charge in [-0.1, -0.05) is 97.5 Å². The minimum atomic E-state index is 0.00514. The van der Waals surface area contributed by atoms with Crippen molar-refractivity contribution < 1.29 is 4.42 Å². The number of alkyl halides is 1. The summed E-state index contributed by atoms with van der Waals surface area (Å²) in [5, 5.41) is 4.63. The first-order valence-electron chi connectivity index (χ1n) is 13.7. The Bertz CT molecular complexity index is 1970. The van der Waals surface area contributed by atoms with Crippen LogP contribution in [0.2, 0.25) is 0 Å². The Balaban J connectivity index is 1.63. The molecule has 0 bridgehead atoms. The Hall–Kier alpha value is -3.64. The molecule has 0 aliphatic carbocycles. The van der Waals surface area contributed by atoms with Crippen molar-refractivity contribution in [2.75, 3.05) is 0 Å². The number of benzene rings is 4.